The highest BCUT2D eigenvalue weighted by molar-refractivity contribution is 9.10. The summed E-state index contributed by atoms with van der Waals surface area (Å²) in [6.07, 6.45) is 6.02. The molecule has 3 N–H and O–H groups in total. The number of ether oxygens (including phenoxy) is 1. The van der Waals surface area contributed by atoms with E-state index in [0.717, 1.165) is 40.8 Å². The fourth-order valence-electron chi connectivity index (χ4n) is 4.87. The molecule has 5 nitrogen and oxygen atoms in total. The average molecular weight is 450 g/mol. The Kier molecular flexibility index (Phi) is 4.43. The van der Waals surface area contributed by atoms with E-state index in [1.165, 1.54) is 12.8 Å². The Morgan fingerprint density at radius 1 is 1.37 bits per heavy atom. The Morgan fingerprint density at radius 3 is 2.96 bits per heavy atom. The van der Waals surface area contributed by atoms with Crippen LogP contribution in [0.1, 0.15) is 44.1 Å². The molecule has 1 amide bonds. The van der Waals surface area contributed by atoms with Gasteiger partial charge in [-0.2, -0.15) is 0 Å². The Labute approximate surface area is 172 Å². The number of amidine groups is 1. The van der Waals surface area contributed by atoms with Crippen molar-refractivity contribution in [2.75, 3.05) is 5.75 Å². The minimum atomic E-state index is -0.351. The molecule has 2 aliphatic carbocycles. The van der Waals surface area contributed by atoms with Crippen molar-refractivity contribution >= 4 is 38.8 Å². The number of rotatable bonds is 3. The van der Waals surface area contributed by atoms with Gasteiger partial charge in [0.1, 0.15) is 17.4 Å². The Bertz CT molecular complexity index is 812. The minimum Gasteiger partial charge on any atom is -0.490 e. The number of carbonyl (C=O) groups excluding carboxylic acids is 1. The lowest BCUT2D eigenvalue weighted by Crippen LogP contribution is -2.54. The van der Waals surface area contributed by atoms with Crippen molar-refractivity contribution < 1.29 is 9.53 Å². The highest BCUT2D eigenvalue weighted by atomic mass is 79.9. The number of halogens is 1. The van der Waals surface area contributed by atoms with Gasteiger partial charge in [-0.1, -0.05) is 27.7 Å². The molecule has 2 saturated carbocycles. The molecule has 4 atom stereocenters. The molecule has 0 saturated heterocycles. The maximum Gasteiger partial charge on any atom is 0.220 e. The van der Waals surface area contributed by atoms with Gasteiger partial charge in [-0.15, -0.1) is 0 Å². The molecule has 5 rings (SSSR count). The summed E-state index contributed by atoms with van der Waals surface area (Å²) in [4.78, 5) is 17.3. The number of benzene rings is 1. The number of hydrogen-bond donors (Lipinski definition) is 2. The molecule has 0 aromatic heterocycles. The SMILES string of the molecule is NC1=NC2(CS1)c1cc(Br)ccc1OC1CCC(NC(=O)CC3CC3)C[C@@H]12. The Morgan fingerprint density at radius 2 is 2.22 bits per heavy atom. The summed E-state index contributed by atoms with van der Waals surface area (Å²) in [7, 11) is 0. The van der Waals surface area contributed by atoms with E-state index in [4.69, 9.17) is 15.5 Å². The molecule has 7 heteroatoms. The predicted molar refractivity (Wildman–Crippen MR) is 111 cm³/mol. The second-order valence-corrected chi connectivity index (χ2v) is 10.2. The maximum atomic E-state index is 12.3. The number of amides is 1. The van der Waals surface area contributed by atoms with Crippen LogP contribution in [-0.4, -0.2) is 29.0 Å². The van der Waals surface area contributed by atoms with Gasteiger partial charge >= 0.3 is 0 Å². The second-order valence-electron chi connectivity index (χ2n) is 8.29. The van der Waals surface area contributed by atoms with Gasteiger partial charge < -0.3 is 15.8 Å². The number of fused-ring (bicyclic) bond motifs is 4. The second kappa shape index (κ2) is 6.69. The standard InChI is InChI=1S/C20H24BrN3O2S/c21-12-3-5-16-14(8-12)20(10-27-19(22)24-20)15-9-13(4-6-17(15)26-16)23-18(25)7-11-1-2-11/h3,5,8,11,13,15,17H,1-2,4,6-7,9-10H2,(H2,22,24)(H,23,25)/t13?,15-,17?,20?/m0/s1. The Hall–Kier alpha value is -1.21. The molecule has 2 fully saturated rings. The zero-order valence-corrected chi connectivity index (χ0v) is 17.5. The normalized spacial score (nSPS) is 34.4. The molecule has 27 heavy (non-hydrogen) atoms. The lowest BCUT2D eigenvalue weighted by Gasteiger charge is -2.48. The van der Waals surface area contributed by atoms with Gasteiger partial charge in [-0.3, -0.25) is 4.79 Å². The number of aliphatic imine (C=N–C) groups is 1. The molecule has 3 unspecified atom stereocenters. The van der Waals surface area contributed by atoms with Crippen LogP contribution in [0.5, 0.6) is 5.75 Å². The lowest BCUT2D eigenvalue weighted by molar-refractivity contribution is -0.123. The number of carbonyl (C=O) groups is 1. The zero-order chi connectivity index (χ0) is 18.6. The van der Waals surface area contributed by atoms with Crippen LogP contribution in [0.4, 0.5) is 0 Å². The molecule has 2 heterocycles. The molecule has 4 aliphatic rings. The van der Waals surface area contributed by atoms with Crippen molar-refractivity contribution in [2.24, 2.45) is 22.6 Å². The fourth-order valence-corrected chi connectivity index (χ4v) is 6.26. The monoisotopic (exact) mass is 449 g/mol. The number of thioether (sulfide) groups is 1. The van der Waals surface area contributed by atoms with E-state index in [1.807, 2.05) is 12.1 Å². The largest absolute Gasteiger partial charge is 0.490 e. The highest BCUT2D eigenvalue weighted by Gasteiger charge is 2.54. The molecule has 0 radical (unpaired) electrons. The molecular formula is C20H24BrN3O2S. The van der Waals surface area contributed by atoms with Gasteiger partial charge in [0.05, 0.1) is 0 Å². The highest BCUT2D eigenvalue weighted by Crippen LogP contribution is 2.54. The predicted octanol–water partition coefficient (Wildman–Crippen LogP) is 3.55. The first-order valence-corrected chi connectivity index (χ1v) is 11.6. The van der Waals surface area contributed by atoms with Crippen molar-refractivity contribution in [1.82, 2.24) is 5.32 Å². The average Bonchev–Trinajstić information content (AvgIpc) is 3.36. The first-order valence-electron chi connectivity index (χ1n) is 9.78. The van der Waals surface area contributed by atoms with Gasteiger partial charge in [0.15, 0.2) is 5.17 Å². The number of nitrogens with one attached hydrogen (secondary N) is 1. The van der Waals surface area contributed by atoms with Crippen molar-refractivity contribution in [3.8, 4) is 5.75 Å². The first kappa shape index (κ1) is 17.9. The van der Waals surface area contributed by atoms with Crippen molar-refractivity contribution in [1.29, 1.82) is 0 Å². The topological polar surface area (TPSA) is 76.7 Å². The van der Waals surface area contributed by atoms with Crippen LogP contribution in [0.25, 0.3) is 0 Å². The van der Waals surface area contributed by atoms with Crippen LogP contribution in [0.15, 0.2) is 27.7 Å². The molecule has 2 aliphatic heterocycles. The van der Waals surface area contributed by atoms with Gasteiger partial charge in [-0.05, 0) is 56.2 Å². The van der Waals surface area contributed by atoms with Crippen molar-refractivity contribution in [3.63, 3.8) is 0 Å². The fraction of sp³-hybridized carbons (Fsp3) is 0.600. The first-order chi connectivity index (χ1) is 13.0. The van der Waals surface area contributed by atoms with E-state index in [1.54, 1.807) is 11.8 Å². The van der Waals surface area contributed by atoms with E-state index in [-0.39, 0.29) is 29.5 Å². The van der Waals surface area contributed by atoms with Gasteiger partial charge in [0.25, 0.3) is 0 Å². The molecule has 1 spiro atoms. The summed E-state index contributed by atoms with van der Waals surface area (Å²) in [6.45, 7) is 0. The Balaban J connectivity index is 1.44. The van der Waals surface area contributed by atoms with Crippen LogP contribution in [0, 0.1) is 11.8 Å². The maximum absolute atomic E-state index is 12.3. The van der Waals surface area contributed by atoms with Crippen molar-refractivity contribution in [2.45, 2.75) is 56.2 Å². The summed E-state index contributed by atoms with van der Waals surface area (Å²) in [6, 6.07) is 6.39. The van der Waals surface area contributed by atoms with Gasteiger partial charge in [0, 0.05) is 34.2 Å². The number of hydrogen-bond acceptors (Lipinski definition) is 5. The van der Waals surface area contributed by atoms with E-state index in [0.29, 0.717) is 17.5 Å². The van der Waals surface area contributed by atoms with Crippen LogP contribution >= 0.6 is 27.7 Å². The third kappa shape index (κ3) is 3.27. The summed E-state index contributed by atoms with van der Waals surface area (Å²) < 4.78 is 7.41. The minimum absolute atomic E-state index is 0.130. The lowest BCUT2D eigenvalue weighted by atomic mass is 9.67. The van der Waals surface area contributed by atoms with Gasteiger partial charge in [0.2, 0.25) is 5.91 Å². The van der Waals surface area contributed by atoms with Crippen LogP contribution in [0.2, 0.25) is 0 Å². The smallest absolute Gasteiger partial charge is 0.220 e. The van der Waals surface area contributed by atoms with E-state index < -0.39 is 0 Å². The van der Waals surface area contributed by atoms with Gasteiger partial charge in [-0.25, -0.2) is 4.99 Å². The summed E-state index contributed by atoms with van der Waals surface area (Å²) in [5.41, 5.74) is 6.90. The third-order valence-electron chi connectivity index (χ3n) is 6.37. The third-order valence-corrected chi connectivity index (χ3v) is 7.84. The van der Waals surface area contributed by atoms with Crippen LogP contribution in [0.3, 0.4) is 0 Å². The van der Waals surface area contributed by atoms with Crippen LogP contribution < -0.4 is 15.8 Å². The van der Waals surface area contributed by atoms with E-state index in [2.05, 4.69) is 27.3 Å². The quantitative estimate of drug-likeness (QED) is 0.739. The van der Waals surface area contributed by atoms with Crippen LogP contribution in [-0.2, 0) is 10.3 Å². The zero-order valence-electron chi connectivity index (χ0n) is 15.1. The summed E-state index contributed by atoms with van der Waals surface area (Å²) in [5, 5.41) is 3.94. The molecule has 144 valence electrons. The number of nitrogens with two attached hydrogens (primary N) is 1. The molecule has 1 aromatic rings. The summed E-state index contributed by atoms with van der Waals surface area (Å²) in [5.74, 6) is 2.82. The van der Waals surface area contributed by atoms with E-state index in [9.17, 15) is 4.79 Å². The summed E-state index contributed by atoms with van der Waals surface area (Å²) >= 11 is 5.23. The molecule has 0 bridgehead atoms. The molecular weight excluding hydrogens is 426 g/mol. The van der Waals surface area contributed by atoms with E-state index >= 15 is 0 Å². The van der Waals surface area contributed by atoms with Crippen molar-refractivity contribution in [3.05, 3.63) is 28.2 Å². The number of nitrogens with zero attached hydrogens (tertiary/aromatic N) is 1. The molecule has 1 aromatic carbocycles.